The number of thioether (sulfide) groups is 1. The van der Waals surface area contributed by atoms with Gasteiger partial charge < -0.3 is 10.1 Å². The molecule has 7 heteroatoms. The Morgan fingerprint density at radius 1 is 0.970 bits per heavy atom. The number of rotatable bonds is 8. The first-order chi connectivity index (χ1) is 16.0. The number of ether oxygens (including phenoxy) is 1. The van der Waals surface area contributed by atoms with Crippen LogP contribution in [0.25, 0.3) is 17.1 Å². The molecule has 0 atom stereocenters. The summed E-state index contributed by atoms with van der Waals surface area (Å²) in [5.74, 6) is 1.68. The third kappa shape index (κ3) is 5.62. The zero-order valence-corrected chi connectivity index (χ0v) is 19.7. The van der Waals surface area contributed by atoms with Crippen molar-refractivity contribution in [1.29, 1.82) is 0 Å². The monoisotopic (exact) mass is 458 g/mol. The number of hydrogen-bond donors (Lipinski definition) is 1. The maximum Gasteiger partial charge on any atom is 0.230 e. The molecule has 0 saturated heterocycles. The minimum Gasteiger partial charge on any atom is -0.497 e. The van der Waals surface area contributed by atoms with Crippen molar-refractivity contribution in [2.45, 2.75) is 25.5 Å². The van der Waals surface area contributed by atoms with Crippen LogP contribution in [-0.4, -0.2) is 33.5 Å². The van der Waals surface area contributed by atoms with Gasteiger partial charge in [-0.05, 0) is 43.7 Å². The zero-order valence-electron chi connectivity index (χ0n) is 18.9. The van der Waals surface area contributed by atoms with Crippen LogP contribution in [0.1, 0.15) is 16.7 Å². The van der Waals surface area contributed by atoms with Crippen molar-refractivity contribution >= 4 is 17.7 Å². The molecule has 3 aromatic carbocycles. The highest BCUT2D eigenvalue weighted by Gasteiger charge is 2.17. The maximum atomic E-state index is 12.5. The predicted octanol–water partition coefficient (Wildman–Crippen LogP) is 4.97. The first kappa shape index (κ1) is 22.6. The number of benzene rings is 3. The van der Waals surface area contributed by atoms with Gasteiger partial charge in [-0.15, -0.1) is 10.2 Å². The van der Waals surface area contributed by atoms with Crippen LogP contribution in [-0.2, 0) is 11.3 Å². The molecule has 6 nitrogen and oxygen atoms in total. The molecule has 1 aromatic heterocycles. The van der Waals surface area contributed by atoms with E-state index in [-0.39, 0.29) is 11.7 Å². The van der Waals surface area contributed by atoms with Gasteiger partial charge in [-0.1, -0.05) is 71.4 Å². The summed E-state index contributed by atoms with van der Waals surface area (Å²) in [5, 5.41) is 12.5. The molecule has 4 rings (SSSR count). The van der Waals surface area contributed by atoms with Gasteiger partial charge in [-0.25, -0.2) is 0 Å². The lowest BCUT2D eigenvalue weighted by Crippen LogP contribution is -2.24. The molecule has 0 fully saturated rings. The van der Waals surface area contributed by atoms with E-state index in [0.717, 1.165) is 28.4 Å². The molecule has 0 unspecified atom stereocenters. The maximum absolute atomic E-state index is 12.5. The normalized spacial score (nSPS) is 10.8. The van der Waals surface area contributed by atoms with Gasteiger partial charge >= 0.3 is 0 Å². The van der Waals surface area contributed by atoms with Crippen molar-refractivity contribution < 1.29 is 9.53 Å². The molecule has 0 aliphatic heterocycles. The Balaban J connectivity index is 1.51. The average molecular weight is 459 g/mol. The molecule has 0 aliphatic rings. The fraction of sp³-hybridized carbons (Fsp3) is 0.192. The van der Waals surface area contributed by atoms with E-state index in [0.29, 0.717) is 11.7 Å². The lowest BCUT2D eigenvalue weighted by molar-refractivity contribution is -0.118. The highest BCUT2D eigenvalue weighted by molar-refractivity contribution is 7.99. The Kier molecular flexibility index (Phi) is 7.10. The summed E-state index contributed by atoms with van der Waals surface area (Å²) < 4.78 is 7.24. The van der Waals surface area contributed by atoms with Crippen molar-refractivity contribution in [3.05, 3.63) is 89.5 Å². The van der Waals surface area contributed by atoms with Crippen LogP contribution in [0.3, 0.4) is 0 Å². The minimum absolute atomic E-state index is 0.0711. The number of amides is 1. The van der Waals surface area contributed by atoms with Gasteiger partial charge in [0.05, 0.1) is 12.9 Å². The Hall–Kier alpha value is -3.58. The summed E-state index contributed by atoms with van der Waals surface area (Å²) >= 11 is 1.37. The van der Waals surface area contributed by atoms with Crippen LogP contribution in [0, 0.1) is 13.8 Å². The largest absolute Gasteiger partial charge is 0.497 e. The van der Waals surface area contributed by atoms with Gasteiger partial charge in [0.2, 0.25) is 5.91 Å². The molecular weight excluding hydrogens is 432 g/mol. The summed E-state index contributed by atoms with van der Waals surface area (Å²) in [6.45, 7) is 4.55. The number of nitrogens with zero attached hydrogens (tertiary/aromatic N) is 3. The lowest BCUT2D eigenvalue weighted by atomic mass is 10.1. The number of carbonyl (C=O) groups is 1. The standard InChI is InChI=1S/C26H26N4O2S/c1-18-7-11-21(12-8-18)25-28-29-26(30(25)22-13-9-19(2)10-14-22)33-17-24(31)27-16-20-5-4-6-23(15-20)32-3/h4-15H,16-17H2,1-3H3,(H,27,31). The summed E-state index contributed by atoms with van der Waals surface area (Å²) in [4.78, 5) is 12.5. The van der Waals surface area contributed by atoms with Crippen LogP contribution < -0.4 is 10.1 Å². The molecule has 0 aliphatic carbocycles. The first-order valence-corrected chi connectivity index (χ1v) is 11.6. The number of aromatic nitrogens is 3. The van der Waals surface area contributed by atoms with Gasteiger partial charge in [0.1, 0.15) is 5.75 Å². The Labute approximate surface area is 198 Å². The lowest BCUT2D eigenvalue weighted by Gasteiger charge is -2.11. The second-order valence-corrected chi connectivity index (χ2v) is 8.70. The minimum atomic E-state index is -0.0711. The molecule has 0 saturated carbocycles. The molecule has 4 aromatic rings. The van der Waals surface area contributed by atoms with E-state index in [4.69, 9.17) is 4.74 Å². The Morgan fingerprint density at radius 3 is 2.36 bits per heavy atom. The summed E-state index contributed by atoms with van der Waals surface area (Å²) in [6, 6.07) is 24.1. The SMILES string of the molecule is COc1cccc(CNC(=O)CSc2nnc(-c3ccc(C)cc3)n2-c2ccc(C)cc2)c1. The van der Waals surface area contributed by atoms with Crippen LogP contribution in [0.2, 0.25) is 0 Å². The van der Waals surface area contributed by atoms with Gasteiger partial charge in [-0.3, -0.25) is 9.36 Å². The predicted molar refractivity (Wildman–Crippen MR) is 132 cm³/mol. The molecule has 0 spiro atoms. The fourth-order valence-corrected chi connectivity index (χ4v) is 4.13. The van der Waals surface area contributed by atoms with Gasteiger partial charge in [0.15, 0.2) is 11.0 Å². The van der Waals surface area contributed by atoms with E-state index in [2.05, 4.69) is 53.6 Å². The molecule has 1 amide bonds. The quantitative estimate of drug-likeness (QED) is 0.378. The third-order valence-corrected chi connectivity index (χ3v) is 6.12. The zero-order chi connectivity index (χ0) is 23.2. The van der Waals surface area contributed by atoms with E-state index < -0.39 is 0 Å². The van der Waals surface area contributed by atoms with Crippen LogP contribution in [0.4, 0.5) is 0 Å². The van der Waals surface area contributed by atoms with Crippen molar-refractivity contribution in [1.82, 2.24) is 20.1 Å². The van der Waals surface area contributed by atoms with E-state index in [1.54, 1.807) is 7.11 Å². The van der Waals surface area contributed by atoms with Crippen molar-refractivity contribution in [3.8, 4) is 22.8 Å². The smallest absolute Gasteiger partial charge is 0.230 e. The number of nitrogens with one attached hydrogen (secondary N) is 1. The topological polar surface area (TPSA) is 69.0 Å². The van der Waals surface area contributed by atoms with Crippen molar-refractivity contribution in [2.75, 3.05) is 12.9 Å². The molecule has 0 bridgehead atoms. The third-order valence-electron chi connectivity index (χ3n) is 5.19. The number of hydrogen-bond acceptors (Lipinski definition) is 5. The molecule has 1 heterocycles. The Morgan fingerprint density at radius 2 is 1.67 bits per heavy atom. The second kappa shape index (κ2) is 10.4. The molecule has 168 valence electrons. The van der Waals surface area contributed by atoms with Crippen molar-refractivity contribution in [3.63, 3.8) is 0 Å². The van der Waals surface area contributed by atoms with E-state index in [1.807, 2.05) is 53.1 Å². The van der Waals surface area contributed by atoms with Crippen molar-refractivity contribution in [2.24, 2.45) is 0 Å². The van der Waals surface area contributed by atoms with Gasteiger partial charge in [-0.2, -0.15) is 0 Å². The summed E-state index contributed by atoms with van der Waals surface area (Å²) in [7, 11) is 1.63. The van der Waals surface area contributed by atoms with Gasteiger partial charge in [0, 0.05) is 17.8 Å². The highest BCUT2D eigenvalue weighted by Crippen LogP contribution is 2.28. The van der Waals surface area contributed by atoms with Gasteiger partial charge in [0.25, 0.3) is 0 Å². The molecule has 33 heavy (non-hydrogen) atoms. The fourth-order valence-electron chi connectivity index (χ4n) is 3.34. The van der Waals surface area contributed by atoms with Crippen LogP contribution in [0.5, 0.6) is 5.75 Å². The molecule has 1 N–H and O–H groups in total. The Bertz CT molecular complexity index is 1230. The summed E-state index contributed by atoms with van der Waals surface area (Å²) in [6.07, 6.45) is 0. The second-order valence-electron chi connectivity index (χ2n) is 7.76. The highest BCUT2D eigenvalue weighted by atomic mass is 32.2. The van der Waals surface area contributed by atoms with Crippen LogP contribution in [0.15, 0.2) is 78.0 Å². The molecule has 0 radical (unpaired) electrons. The van der Waals surface area contributed by atoms with E-state index in [1.165, 1.54) is 22.9 Å². The summed E-state index contributed by atoms with van der Waals surface area (Å²) in [5.41, 5.74) is 5.28. The number of carbonyl (C=O) groups excluding carboxylic acids is 1. The first-order valence-electron chi connectivity index (χ1n) is 10.7. The average Bonchev–Trinajstić information content (AvgIpc) is 3.26. The van der Waals surface area contributed by atoms with Crippen LogP contribution >= 0.6 is 11.8 Å². The van der Waals surface area contributed by atoms with E-state index >= 15 is 0 Å². The number of methoxy groups -OCH3 is 1. The number of aryl methyl sites for hydroxylation is 2. The molecular formula is C26H26N4O2S. The van der Waals surface area contributed by atoms with E-state index in [9.17, 15) is 4.79 Å².